The van der Waals surface area contributed by atoms with Crippen molar-refractivity contribution in [3.63, 3.8) is 0 Å². The Morgan fingerprint density at radius 2 is 1.69 bits per heavy atom. The number of ether oxygens (including phenoxy) is 2. The zero-order chi connectivity index (χ0) is 20.5. The number of benzene rings is 2. The van der Waals surface area contributed by atoms with E-state index in [-0.39, 0.29) is 12.4 Å². The van der Waals surface area contributed by atoms with Crippen molar-refractivity contribution in [2.45, 2.75) is 6.92 Å². The molecule has 0 aromatic heterocycles. The number of hydrogen-bond donors (Lipinski definition) is 0. The molecule has 0 spiro atoms. The average Bonchev–Trinajstić information content (AvgIpc) is 2.66. The highest BCUT2D eigenvalue weighted by Gasteiger charge is 2.12. The number of hydrogen-bond acceptors (Lipinski definition) is 4. The van der Waals surface area contributed by atoms with E-state index in [0.717, 1.165) is 37.4 Å². The van der Waals surface area contributed by atoms with E-state index < -0.39 is 0 Å². The quantitative estimate of drug-likeness (QED) is 0.220. The van der Waals surface area contributed by atoms with Gasteiger partial charge in [0.25, 0.3) is 0 Å². The van der Waals surface area contributed by atoms with Crippen molar-refractivity contribution in [2.75, 3.05) is 43.5 Å². The average molecular weight is 590 g/mol. The van der Waals surface area contributed by atoms with E-state index in [1.807, 2.05) is 37.3 Å². The lowest BCUT2D eigenvalue weighted by molar-refractivity contribution is 0.340. The summed E-state index contributed by atoms with van der Waals surface area (Å²) in [4.78, 5) is 6.70. The Balaban J connectivity index is 0.00000420. The van der Waals surface area contributed by atoms with Crippen LogP contribution in [0.5, 0.6) is 11.5 Å². The first kappa shape index (κ1) is 26.4. The Morgan fingerprint density at radius 1 is 1.07 bits per heavy atom. The molecule has 0 N–H and O–H groups in total. The molecule has 0 saturated carbocycles. The van der Waals surface area contributed by atoms with Gasteiger partial charge in [0, 0.05) is 31.1 Å². The van der Waals surface area contributed by atoms with Crippen LogP contribution >= 0.6 is 67.5 Å². The molecule has 0 aliphatic carbocycles. The minimum atomic E-state index is 0. The molecule has 4 nitrogen and oxygen atoms in total. The van der Waals surface area contributed by atoms with Crippen LogP contribution in [-0.2, 0) is 0 Å². The van der Waals surface area contributed by atoms with Gasteiger partial charge in [-0.05, 0) is 68.6 Å². The van der Waals surface area contributed by atoms with E-state index in [9.17, 15) is 0 Å². The van der Waals surface area contributed by atoms with E-state index in [2.05, 4.69) is 41.8 Å². The number of nitrogens with zero attached hydrogens (tertiary/aromatic N) is 2. The molecule has 0 radical (unpaired) electrons. The lowest BCUT2D eigenvalue weighted by Crippen LogP contribution is -2.28. The SMILES string of the molecule is CCOc1cc(C=Nc2cc(Br)c(OC)c(Br)c2)ccc1N(CCCl)CCCl.Cl. The van der Waals surface area contributed by atoms with Crippen LogP contribution in [0.4, 0.5) is 11.4 Å². The maximum Gasteiger partial charge on any atom is 0.147 e. The molecule has 160 valence electrons. The molecular formula is C20H23Br2Cl3N2O2. The van der Waals surface area contributed by atoms with Gasteiger partial charge in [0.2, 0.25) is 0 Å². The Labute approximate surface area is 205 Å². The van der Waals surface area contributed by atoms with Crippen molar-refractivity contribution < 1.29 is 9.47 Å². The summed E-state index contributed by atoms with van der Waals surface area (Å²) in [6.45, 7) is 3.94. The predicted molar refractivity (Wildman–Crippen MR) is 134 cm³/mol. The van der Waals surface area contributed by atoms with Gasteiger partial charge in [-0.3, -0.25) is 4.99 Å². The Hall–Kier alpha value is -0.660. The number of aliphatic imine (C=N–C) groups is 1. The van der Waals surface area contributed by atoms with Crippen LogP contribution in [0.2, 0.25) is 0 Å². The molecule has 29 heavy (non-hydrogen) atoms. The summed E-state index contributed by atoms with van der Waals surface area (Å²) >= 11 is 18.9. The molecule has 2 aromatic carbocycles. The zero-order valence-electron chi connectivity index (χ0n) is 16.1. The van der Waals surface area contributed by atoms with E-state index in [4.69, 9.17) is 32.7 Å². The zero-order valence-corrected chi connectivity index (χ0v) is 21.6. The lowest BCUT2D eigenvalue weighted by Gasteiger charge is -2.25. The van der Waals surface area contributed by atoms with Gasteiger partial charge in [0.1, 0.15) is 11.5 Å². The van der Waals surface area contributed by atoms with Gasteiger partial charge in [-0.25, -0.2) is 0 Å². The molecule has 9 heteroatoms. The third-order valence-electron chi connectivity index (χ3n) is 3.88. The Bertz CT molecular complexity index is 793. The van der Waals surface area contributed by atoms with Crippen molar-refractivity contribution >= 4 is 85.1 Å². The molecule has 0 heterocycles. The molecule has 0 aliphatic rings. The van der Waals surface area contributed by atoms with Crippen LogP contribution in [0, 0.1) is 0 Å². The van der Waals surface area contributed by atoms with Crippen molar-refractivity contribution in [3.05, 3.63) is 44.8 Å². The van der Waals surface area contributed by atoms with E-state index >= 15 is 0 Å². The fraction of sp³-hybridized carbons (Fsp3) is 0.350. The highest BCUT2D eigenvalue weighted by molar-refractivity contribution is 9.11. The lowest BCUT2D eigenvalue weighted by atomic mass is 10.2. The smallest absolute Gasteiger partial charge is 0.147 e. The van der Waals surface area contributed by atoms with Gasteiger partial charge >= 0.3 is 0 Å². The monoisotopic (exact) mass is 586 g/mol. The van der Waals surface area contributed by atoms with Crippen LogP contribution < -0.4 is 14.4 Å². The van der Waals surface area contributed by atoms with Gasteiger partial charge in [-0.15, -0.1) is 35.6 Å². The minimum Gasteiger partial charge on any atom is -0.494 e. The van der Waals surface area contributed by atoms with Crippen LogP contribution in [0.15, 0.2) is 44.3 Å². The fourth-order valence-corrected chi connectivity index (χ4v) is 4.56. The van der Waals surface area contributed by atoms with Crippen molar-refractivity contribution in [1.29, 1.82) is 0 Å². The van der Waals surface area contributed by atoms with Crippen LogP contribution in [0.1, 0.15) is 12.5 Å². The van der Waals surface area contributed by atoms with Gasteiger partial charge < -0.3 is 14.4 Å². The molecule has 2 aromatic rings. The molecule has 0 fully saturated rings. The summed E-state index contributed by atoms with van der Waals surface area (Å²) in [5.41, 5.74) is 2.72. The summed E-state index contributed by atoms with van der Waals surface area (Å²) in [5, 5.41) is 0. The van der Waals surface area contributed by atoms with E-state index in [1.165, 1.54) is 0 Å². The fourth-order valence-electron chi connectivity index (χ4n) is 2.67. The molecule has 0 aliphatic heterocycles. The summed E-state index contributed by atoms with van der Waals surface area (Å²) in [6.07, 6.45) is 1.81. The summed E-state index contributed by atoms with van der Waals surface area (Å²) in [6, 6.07) is 9.81. The van der Waals surface area contributed by atoms with E-state index in [1.54, 1.807) is 13.3 Å². The molecule has 2 rings (SSSR count). The van der Waals surface area contributed by atoms with Gasteiger partial charge in [0.05, 0.1) is 34.0 Å². The summed E-state index contributed by atoms with van der Waals surface area (Å²) in [5.74, 6) is 2.57. The normalized spacial score (nSPS) is 10.7. The molecular weight excluding hydrogens is 566 g/mol. The number of methoxy groups -OCH3 is 1. The topological polar surface area (TPSA) is 34.1 Å². The first-order valence-electron chi connectivity index (χ1n) is 8.74. The largest absolute Gasteiger partial charge is 0.494 e. The highest BCUT2D eigenvalue weighted by atomic mass is 79.9. The standard InChI is InChI=1S/C20H22Br2Cl2N2O2.ClH/c1-3-28-19-10-14(4-5-18(19)26(8-6-23)9-7-24)13-25-15-11-16(21)20(27-2)17(22)12-15;/h4-5,10-13H,3,6-9H2,1-2H3;1H. The van der Waals surface area contributed by atoms with Crippen LogP contribution in [0.3, 0.4) is 0 Å². The van der Waals surface area contributed by atoms with Crippen molar-refractivity contribution in [1.82, 2.24) is 0 Å². The number of halogens is 5. The third kappa shape index (κ3) is 7.51. The second kappa shape index (κ2) is 13.6. The molecule has 0 bridgehead atoms. The van der Waals surface area contributed by atoms with Gasteiger partial charge in [-0.1, -0.05) is 6.07 Å². The molecule has 0 saturated heterocycles. The predicted octanol–water partition coefficient (Wildman–Crippen LogP) is 7.08. The second-order valence-electron chi connectivity index (χ2n) is 5.73. The molecule has 0 atom stereocenters. The summed E-state index contributed by atoms with van der Waals surface area (Å²) < 4.78 is 12.8. The Morgan fingerprint density at radius 3 is 2.21 bits per heavy atom. The van der Waals surface area contributed by atoms with Gasteiger partial charge in [-0.2, -0.15) is 0 Å². The first-order chi connectivity index (χ1) is 13.5. The number of rotatable bonds is 10. The third-order valence-corrected chi connectivity index (χ3v) is 5.40. The maximum absolute atomic E-state index is 5.94. The first-order valence-corrected chi connectivity index (χ1v) is 11.4. The Kier molecular flexibility index (Phi) is 12.4. The minimum absolute atomic E-state index is 0. The molecule has 0 amide bonds. The van der Waals surface area contributed by atoms with Crippen molar-refractivity contribution in [2.24, 2.45) is 4.99 Å². The van der Waals surface area contributed by atoms with Crippen LogP contribution in [-0.4, -0.2) is 44.8 Å². The second-order valence-corrected chi connectivity index (χ2v) is 8.19. The van der Waals surface area contributed by atoms with Gasteiger partial charge in [0.15, 0.2) is 0 Å². The maximum atomic E-state index is 5.94. The van der Waals surface area contributed by atoms with E-state index in [0.29, 0.717) is 31.5 Å². The van der Waals surface area contributed by atoms with Crippen molar-refractivity contribution in [3.8, 4) is 11.5 Å². The number of anilines is 1. The highest BCUT2D eigenvalue weighted by Crippen LogP contribution is 2.37. The molecule has 0 unspecified atom stereocenters. The van der Waals surface area contributed by atoms with Crippen LogP contribution in [0.25, 0.3) is 0 Å². The number of alkyl halides is 2. The summed E-state index contributed by atoms with van der Waals surface area (Å²) in [7, 11) is 1.63.